The molecule has 2 aromatic rings. The van der Waals surface area contributed by atoms with Crippen LogP contribution in [0.1, 0.15) is 6.42 Å². The van der Waals surface area contributed by atoms with Crippen molar-refractivity contribution in [3.05, 3.63) is 61.3 Å². The van der Waals surface area contributed by atoms with Crippen LogP contribution in [-0.2, 0) is 11.3 Å². The molecule has 0 saturated carbocycles. The van der Waals surface area contributed by atoms with Crippen molar-refractivity contribution in [1.29, 1.82) is 0 Å². The Bertz CT molecular complexity index is 783. The molecule has 1 heterocycles. The molecule has 0 saturated heterocycles. The summed E-state index contributed by atoms with van der Waals surface area (Å²) in [6.07, 6.45) is 1.25. The number of benzene rings is 1. The molecule has 0 aliphatic heterocycles. The van der Waals surface area contributed by atoms with E-state index in [2.05, 4.69) is 10.3 Å². The number of rotatable bonds is 4. The summed E-state index contributed by atoms with van der Waals surface area (Å²) in [7, 11) is 0. The number of aromatic nitrogens is 2. The van der Waals surface area contributed by atoms with Gasteiger partial charge in [0.15, 0.2) is 0 Å². The van der Waals surface area contributed by atoms with Crippen LogP contribution in [0.5, 0.6) is 0 Å². The number of carbonyl (C=O) groups is 1. The second-order valence-corrected chi connectivity index (χ2v) is 5.08. The number of aryl methyl sites for hydroxylation is 1. The molecule has 0 unspecified atom stereocenters. The number of halogens is 2. The lowest BCUT2D eigenvalue weighted by molar-refractivity contribution is -0.116. The van der Waals surface area contributed by atoms with Gasteiger partial charge in [0.05, 0.1) is 0 Å². The summed E-state index contributed by atoms with van der Waals surface area (Å²) in [5.74, 6) is -0.286. The lowest BCUT2D eigenvalue weighted by Gasteiger charge is -2.07. The van der Waals surface area contributed by atoms with E-state index in [9.17, 15) is 14.4 Å². The predicted octanol–water partition coefficient (Wildman–Crippen LogP) is 1.87. The van der Waals surface area contributed by atoms with Gasteiger partial charge in [-0.25, -0.2) is 4.79 Å². The molecule has 110 valence electrons. The van der Waals surface area contributed by atoms with Crippen molar-refractivity contribution in [2.75, 3.05) is 5.32 Å². The average molecular weight is 328 g/mol. The van der Waals surface area contributed by atoms with E-state index < -0.39 is 11.2 Å². The second-order valence-electron chi connectivity index (χ2n) is 4.24. The van der Waals surface area contributed by atoms with Gasteiger partial charge in [-0.15, -0.1) is 0 Å². The maximum absolute atomic E-state index is 11.8. The smallest absolute Gasteiger partial charge is 0.326 e. The zero-order valence-electron chi connectivity index (χ0n) is 10.7. The van der Waals surface area contributed by atoms with Crippen LogP contribution in [0.25, 0.3) is 0 Å². The van der Waals surface area contributed by atoms with Gasteiger partial charge in [0.1, 0.15) is 5.02 Å². The molecule has 2 N–H and O–H groups in total. The van der Waals surface area contributed by atoms with E-state index in [1.807, 2.05) is 0 Å². The monoisotopic (exact) mass is 327 g/mol. The molecule has 1 aromatic heterocycles. The Morgan fingerprint density at radius 3 is 2.76 bits per heavy atom. The zero-order valence-corrected chi connectivity index (χ0v) is 12.2. The number of anilines is 1. The molecular weight excluding hydrogens is 317 g/mol. The largest absolute Gasteiger partial charge is 0.328 e. The second kappa shape index (κ2) is 6.60. The summed E-state index contributed by atoms with van der Waals surface area (Å²) in [6.45, 7) is 0.0989. The third-order valence-corrected chi connectivity index (χ3v) is 3.16. The van der Waals surface area contributed by atoms with Crippen molar-refractivity contribution in [1.82, 2.24) is 9.55 Å². The van der Waals surface area contributed by atoms with Crippen LogP contribution in [0.15, 0.2) is 40.1 Å². The fraction of sp³-hybridized carbons (Fsp3) is 0.154. The topological polar surface area (TPSA) is 84.0 Å². The molecule has 6 nitrogen and oxygen atoms in total. The number of nitrogens with zero attached hydrogens (tertiary/aromatic N) is 1. The summed E-state index contributed by atoms with van der Waals surface area (Å²) >= 11 is 11.4. The van der Waals surface area contributed by atoms with Crippen molar-refractivity contribution < 1.29 is 4.79 Å². The van der Waals surface area contributed by atoms with E-state index in [1.165, 1.54) is 10.8 Å². The highest BCUT2D eigenvalue weighted by Crippen LogP contribution is 2.15. The number of aromatic amines is 1. The molecule has 1 amide bonds. The third kappa shape index (κ3) is 4.21. The van der Waals surface area contributed by atoms with Gasteiger partial charge < -0.3 is 5.32 Å². The summed E-state index contributed by atoms with van der Waals surface area (Å²) in [6, 6.07) is 6.72. The fourth-order valence-electron chi connectivity index (χ4n) is 1.66. The number of hydrogen-bond acceptors (Lipinski definition) is 3. The van der Waals surface area contributed by atoms with Crippen LogP contribution in [0.4, 0.5) is 5.69 Å². The van der Waals surface area contributed by atoms with Gasteiger partial charge in [-0.3, -0.25) is 19.1 Å². The number of amides is 1. The van der Waals surface area contributed by atoms with Crippen LogP contribution in [0, 0.1) is 0 Å². The minimum atomic E-state index is -0.652. The first-order valence-corrected chi connectivity index (χ1v) is 6.76. The molecule has 21 heavy (non-hydrogen) atoms. The van der Waals surface area contributed by atoms with Gasteiger partial charge in [-0.2, -0.15) is 0 Å². The summed E-state index contributed by atoms with van der Waals surface area (Å²) in [4.78, 5) is 36.5. The Morgan fingerprint density at radius 2 is 2.05 bits per heavy atom. The normalized spacial score (nSPS) is 10.4. The number of carbonyl (C=O) groups excluding carboxylic acids is 1. The van der Waals surface area contributed by atoms with Crippen LogP contribution >= 0.6 is 23.2 Å². The van der Waals surface area contributed by atoms with Crippen LogP contribution < -0.4 is 16.6 Å². The maximum Gasteiger partial charge on any atom is 0.328 e. The van der Waals surface area contributed by atoms with Gasteiger partial charge in [0, 0.05) is 29.9 Å². The predicted molar refractivity (Wildman–Crippen MR) is 81.0 cm³/mol. The number of hydrogen-bond donors (Lipinski definition) is 2. The standard InChI is InChI=1S/C13H11Cl2N3O3/c14-8-2-1-3-9(6-8)16-11(19)4-5-18-7-10(15)12(20)17-13(18)21/h1-3,6-7H,4-5H2,(H,16,19)(H,17,20,21). The van der Waals surface area contributed by atoms with E-state index in [1.54, 1.807) is 24.3 Å². The molecular formula is C13H11Cl2N3O3. The van der Waals surface area contributed by atoms with E-state index in [-0.39, 0.29) is 23.9 Å². The van der Waals surface area contributed by atoms with Crippen molar-refractivity contribution in [2.45, 2.75) is 13.0 Å². The Balaban J connectivity index is 2.00. The van der Waals surface area contributed by atoms with Crippen LogP contribution in [0.2, 0.25) is 10.0 Å². The first-order chi connectivity index (χ1) is 9.95. The average Bonchev–Trinajstić information content (AvgIpc) is 2.41. The van der Waals surface area contributed by atoms with E-state index in [0.29, 0.717) is 10.7 Å². The molecule has 0 bridgehead atoms. The first kappa shape index (κ1) is 15.3. The summed E-state index contributed by atoms with van der Waals surface area (Å²) < 4.78 is 1.17. The fourth-order valence-corrected chi connectivity index (χ4v) is 2.02. The van der Waals surface area contributed by atoms with Crippen molar-refractivity contribution in [2.24, 2.45) is 0 Å². The molecule has 2 rings (SSSR count). The minimum absolute atomic E-state index is 0.0504. The number of nitrogens with one attached hydrogen (secondary N) is 2. The van der Waals surface area contributed by atoms with Crippen molar-refractivity contribution in [3.63, 3.8) is 0 Å². The van der Waals surface area contributed by atoms with Gasteiger partial charge in [0.25, 0.3) is 5.56 Å². The van der Waals surface area contributed by atoms with E-state index in [0.717, 1.165) is 0 Å². The quantitative estimate of drug-likeness (QED) is 0.899. The zero-order chi connectivity index (χ0) is 15.4. The van der Waals surface area contributed by atoms with Crippen LogP contribution in [0.3, 0.4) is 0 Å². The number of H-pyrrole nitrogens is 1. The Kier molecular flexibility index (Phi) is 4.82. The maximum atomic E-state index is 11.8. The Labute approximate surface area is 129 Å². The Hall–Kier alpha value is -2.05. The molecule has 0 spiro atoms. The van der Waals surface area contributed by atoms with Crippen molar-refractivity contribution >= 4 is 34.8 Å². The summed E-state index contributed by atoms with van der Waals surface area (Å²) in [5.41, 5.74) is -0.694. The molecule has 1 aromatic carbocycles. The summed E-state index contributed by atoms with van der Waals surface area (Å²) in [5, 5.41) is 3.06. The molecule has 0 aliphatic rings. The van der Waals surface area contributed by atoms with Gasteiger partial charge in [0.2, 0.25) is 5.91 Å². The highest BCUT2D eigenvalue weighted by molar-refractivity contribution is 6.31. The van der Waals surface area contributed by atoms with Gasteiger partial charge >= 0.3 is 5.69 Å². The first-order valence-electron chi connectivity index (χ1n) is 6.00. The highest BCUT2D eigenvalue weighted by atomic mass is 35.5. The lowest BCUT2D eigenvalue weighted by Crippen LogP contribution is -2.30. The van der Waals surface area contributed by atoms with E-state index in [4.69, 9.17) is 23.2 Å². The third-order valence-electron chi connectivity index (χ3n) is 2.66. The van der Waals surface area contributed by atoms with Gasteiger partial charge in [-0.1, -0.05) is 29.3 Å². The lowest BCUT2D eigenvalue weighted by atomic mass is 10.3. The van der Waals surface area contributed by atoms with Crippen molar-refractivity contribution in [3.8, 4) is 0 Å². The Morgan fingerprint density at radius 1 is 1.29 bits per heavy atom. The van der Waals surface area contributed by atoms with E-state index >= 15 is 0 Å². The van der Waals surface area contributed by atoms with Gasteiger partial charge in [-0.05, 0) is 18.2 Å². The molecule has 0 radical (unpaired) electrons. The molecule has 0 aliphatic carbocycles. The minimum Gasteiger partial charge on any atom is -0.326 e. The molecule has 8 heteroatoms. The molecule has 0 fully saturated rings. The SMILES string of the molecule is O=C(CCn1cc(Cl)c(=O)[nH]c1=O)Nc1cccc(Cl)c1. The van der Waals surface area contributed by atoms with Crippen LogP contribution in [-0.4, -0.2) is 15.5 Å². The highest BCUT2D eigenvalue weighted by Gasteiger charge is 2.06. The molecule has 0 atom stereocenters.